The molecule has 116 valence electrons. The molecule has 1 saturated heterocycles. The average Bonchev–Trinajstić information content (AvgIpc) is 2.45. The van der Waals surface area contributed by atoms with E-state index in [1.54, 1.807) is 24.3 Å². The second-order valence-corrected chi connectivity index (χ2v) is 5.32. The minimum absolute atomic E-state index is 0.0455. The molecule has 0 aromatic heterocycles. The molecule has 1 amide bonds. The first-order chi connectivity index (χ1) is 9.88. The molecule has 1 aromatic carbocycles. The van der Waals surface area contributed by atoms with E-state index in [4.69, 9.17) is 16.3 Å². The first-order valence-corrected chi connectivity index (χ1v) is 7.00. The van der Waals surface area contributed by atoms with Crippen molar-refractivity contribution in [3.8, 4) is 5.75 Å². The zero-order valence-corrected chi connectivity index (χ0v) is 12.0. The van der Waals surface area contributed by atoms with Gasteiger partial charge < -0.3 is 9.64 Å². The van der Waals surface area contributed by atoms with Gasteiger partial charge in [0.1, 0.15) is 11.8 Å². The molecule has 21 heavy (non-hydrogen) atoms. The maximum atomic E-state index is 12.9. The summed E-state index contributed by atoms with van der Waals surface area (Å²) < 4.78 is 43.9. The Hall–Kier alpha value is -1.43. The third kappa shape index (κ3) is 4.27. The van der Waals surface area contributed by atoms with Crippen molar-refractivity contribution < 1.29 is 22.7 Å². The standard InChI is InChI=1S/C14H15ClF3NO2/c15-10-4-6-11(7-5-10)21-9-13(20)19-8-2-1-3-12(19)14(16,17)18/h4-7,12H,1-3,8-9H2. The summed E-state index contributed by atoms with van der Waals surface area (Å²) in [5, 5.41) is 0.516. The fourth-order valence-corrected chi connectivity index (χ4v) is 2.46. The van der Waals surface area contributed by atoms with Crippen molar-refractivity contribution in [3.63, 3.8) is 0 Å². The van der Waals surface area contributed by atoms with Gasteiger partial charge in [-0.3, -0.25) is 4.79 Å². The fourth-order valence-electron chi connectivity index (χ4n) is 2.33. The summed E-state index contributed by atoms with van der Waals surface area (Å²) in [7, 11) is 0. The van der Waals surface area contributed by atoms with Crippen molar-refractivity contribution in [2.24, 2.45) is 0 Å². The zero-order valence-electron chi connectivity index (χ0n) is 11.2. The first kappa shape index (κ1) is 15.9. The molecule has 0 N–H and O–H groups in total. The smallest absolute Gasteiger partial charge is 0.408 e. The maximum absolute atomic E-state index is 12.9. The molecule has 1 fully saturated rings. The number of piperidine rings is 1. The van der Waals surface area contributed by atoms with Crippen LogP contribution in [0.3, 0.4) is 0 Å². The molecule has 0 radical (unpaired) electrons. The number of halogens is 4. The number of hydrogen-bond acceptors (Lipinski definition) is 2. The lowest BCUT2D eigenvalue weighted by Crippen LogP contribution is -2.52. The van der Waals surface area contributed by atoms with E-state index in [9.17, 15) is 18.0 Å². The number of alkyl halides is 3. The highest BCUT2D eigenvalue weighted by atomic mass is 35.5. The van der Waals surface area contributed by atoms with Crippen LogP contribution in [0.4, 0.5) is 13.2 Å². The number of carbonyl (C=O) groups is 1. The van der Waals surface area contributed by atoms with Gasteiger partial charge in [-0.25, -0.2) is 0 Å². The number of nitrogens with zero attached hydrogens (tertiary/aromatic N) is 1. The zero-order chi connectivity index (χ0) is 15.5. The predicted octanol–water partition coefficient (Wildman–Crippen LogP) is 3.66. The lowest BCUT2D eigenvalue weighted by atomic mass is 10.0. The second-order valence-electron chi connectivity index (χ2n) is 4.88. The van der Waals surface area contributed by atoms with Gasteiger partial charge in [-0.1, -0.05) is 11.6 Å². The molecule has 0 aliphatic carbocycles. The van der Waals surface area contributed by atoms with Crippen molar-refractivity contribution in [1.29, 1.82) is 0 Å². The molecule has 1 unspecified atom stereocenters. The van der Waals surface area contributed by atoms with Crippen LogP contribution in [0, 0.1) is 0 Å². The minimum Gasteiger partial charge on any atom is -0.484 e. The average molecular weight is 322 g/mol. The highest BCUT2D eigenvalue weighted by molar-refractivity contribution is 6.30. The quantitative estimate of drug-likeness (QED) is 0.850. The molecule has 0 bridgehead atoms. The van der Waals surface area contributed by atoms with E-state index in [2.05, 4.69) is 0 Å². The number of amides is 1. The van der Waals surface area contributed by atoms with Gasteiger partial charge in [-0.2, -0.15) is 13.2 Å². The van der Waals surface area contributed by atoms with Crippen LogP contribution >= 0.6 is 11.6 Å². The van der Waals surface area contributed by atoms with Gasteiger partial charge in [0.15, 0.2) is 6.61 Å². The Morgan fingerprint density at radius 3 is 2.57 bits per heavy atom. The van der Waals surface area contributed by atoms with Gasteiger partial charge in [0, 0.05) is 11.6 Å². The Morgan fingerprint density at radius 2 is 1.95 bits per heavy atom. The number of hydrogen-bond donors (Lipinski definition) is 0. The van der Waals surface area contributed by atoms with Crippen LogP contribution in [-0.4, -0.2) is 36.2 Å². The Balaban J connectivity index is 1.96. The summed E-state index contributed by atoms with van der Waals surface area (Å²) in [5.74, 6) is -0.250. The van der Waals surface area contributed by atoms with Crippen molar-refractivity contribution in [2.45, 2.75) is 31.5 Å². The Morgan fingerprint density at radius 1 is 1.29 bits per heavy atom. The molecule has 0 saturated carbocycles. The molecular formula is C14H15ClF3NO2. The van der Waals surface area contributed by atoms with Gasteiger partial charge >= 0.3 is 6.18 Å². The number of ether oxygens (including phenoxy) is 1. The van der Waals surface area contributed by atoms with E-state index in [1.807, 2.05) is 0 Å². The van der Waals surface area contributed by atoms with Crippen molar-refractivity contribution in [2.75, 3.05) is 13.2 Å². The molecule has 1 aromatic rings. The van der Waals surface area contributed by atoms with Gasteiger partial charge in [0.25, 0.3) is 5.91 Å². The van der Waals surface area contributed by atoms with Crippen LogP contribution in [0.5, 0.6) is 5.75 Å². The van der Waals surface area contributed by atoms with Crippen LogP contribution in [0.2, 0.25) is 5.02 Å². The summed E-state index contributed by atoms with van der Waals surface area (Å²) >= 11 is 5.71. The third-order valence-electron chi connectivity index (χ3n) is 3.38. The monoisotopic (exact) mass is 321 g/mol. The van der Waals surface area contributed by atoms with Crippen molar-refractivity contribution >= 4 is 17.5 Å². The van der Waals surface area contributed by atoms with Gasteiger partial charge in [-0.05, 0) is 43.5 Å². The van der Waals surface area contributed by atoms with Crippen molar-refractivity contribution in [1.82, 2.24) is 4.90 Å². The van der Waals surface area contributed by atoms with Gasteiger partial charge in [0.2, 0.25) is 0 Å². The Bertz CT molecular complexity index is 490. The molecule has 3 nitrogen and oxygen atoms in total. The lowest BCUT2D eigenvalue weighted by molar-refractivity contribution is -0.196. The number of rotatable bonds is 3. The molecule has 7 heteroatoms. The largest absolute Gasteiger partial charge is 0.484 e. The molecule has 0 spiro atoms. The lowest BCUT2D eigenvalue weighted by Gasteiger charge is -2.36. The Kier molecular flexibility index (Phi) is 4.98. The topological polar surface area (TPSA) is 29.5 Å². The summed E-state index contributed by atoms with van der Waals surface area (Å²) in [5.41, 5.74) is 0. The molecular weight excluding hydrogens is 307 g/mol. The van der Waals surface area contributed by atoms with E-state index in [0.29, 0.717) is 23.6 Å². The van der Waals surface area contributed by atoms with Crippen molar-refractivity contribution in [3.05, 3.63) is 29.3 Å². The number of carbonyl (C=O) groups excluding carboxylic acids is 1. The van der Waals surface area contributed by atoms with Gasteiger partial charge in [0.05, 0.1) is 0 Å². The summed E-state index contributed by atoms with van der Waals surface area (Å²) in [6, 6.07) is 4.59. The highest BCUT2D eigenvalue weighted by Gasteiger charge is 2.46. The second kappa shape index (κ2) is 6.56. The van der Waals surface area contributed by atoms with E-state index >= 15 is 0 Å². The molecule has 1 aliphatic rings. The summed E-state index contributed by atoms with van der Waals surface area (Å²) in [6.45, 7) is -0.290. The minimum atomic E-state index is -4.39. The summed E-state index contributed by atoms with van der Waals surface area (Å²) in [6.07, 6.45) is -3.38. The Labute approximate surface area is 125 Å². The van der Waals surface area contributed by atoms with Crippen LogP contribution in [0.25, 0.3) is 0 Å². The maximum Gasteiger partial charge on any atom is 0.408 e. The molecule has 1 aliphatic heterocycles. The normalized spacial score (nSPS) is 19.4. The third-order valence-corrected chi connectivity index (χ3v) is 3.63. The number of benzene rings is 1. The van der Waals surface area contributed by atoms with Gasteiger partial charge in [-0.15, -0.1) is 0 Å². The van der Waals surface area contributed by atoms with Crippen LogP contribution < -0.4 is 4.74 Å². The predicted molar refractivity (Wildman–Crippen MR) is 72.4 cm³/mol. The molecule has 1 atom stereocenters. The van der Waals surface area contributed by atoms with E-state index < -0.39 is 24.7 Å². The van der Waals surface area contributed by atoms with Crippen LogP contribution in [-0.2, 0) is 4.79 Å². The fraction of sp³-hybridized carbons (Fsp3) is 0.500. The highest BCUT2D eigenvalue weighted by Crippen LogP contribution is 2.31. The van der Waals surface area contributed by atoms with Crippen LogP contribution in [0.1, 0.15) is 19.3 Å². The van der Waals surface area contributed by atoms with E-state index in [-0.39, 0.29) is 13.0 Å². The SMILES string of the molecule is O=C(COc1ccc(Cl)cc1)N1CCCCC1C(F)(F)F. The van der Waals surface area contributed by atoms with Crippen LogP contribution in [0.15, 0.2) is 24.3 Å². The first-order valence-electron chi connectivity index (χ1n) is 6.62. The van der Waals surface area contributed by atoms with E-state index in [1.165, 1.54) is 0 Å². The summed E-state index contributed by atoms with van der Waals surface area (Å²) in [4.78, 5) is 12.8. The molecule has 1 heterocycles. The van der Waals surface area contributed by atoms with E-state index in [0.717, 1.165) is 4.90 Å². The number of likely N-dealkylation sites (tertiary alicyclic amines) is 1. The molecule has 2 rings (SSSR count).